The van der Waals surface area contributed by atoms with Gasteiger partial charge in [0, 0.05) is 12.6 Å². The third-order valence-corrected chi connectivity index (χ3v) is 3.02. The first-order valence-corrected chi connectivity index (χ1v) is 5.73. The standard InChI is InChI=1S/C11H22N2O/c1-3-4-7-10(12)11(14)13-8-5-6-9(13)2/h9-10H,3-8,12H2,1-2H3. The molecule has 3 heteroatoms. The minimum absolute atomic E-state index is 0.156. The molecule has 0 aliphatic carbocycles. The number of carbonyl (C=O) groups is 1. The summed E-state index contributed by atoms with van der Waals surface area (Å²) in [6, 6.07) is 0.130. The summed E-state index contributed by atoms with van der Waals surface area (Å²) in [7, 11) is 0. The van der Waals surface area contributed by atoms with Crippen molar-refractivity contribution in [3.8, 4) is 0 Å². The largest absolute Gasteiger partial charge is 0.339 e. The Kier molecular flexibility index (Phi) is 4.39. The fraction of sp³-hybridized carbons (Fsp3) is 0.909. The topological polar surface area (TPSA) is 46.3 Å². The van der Waals surface area contributed by atoms with E-state index in [9.17, 15) is 4.79 Å². The first kappa shape index (κ1) is 11.5. The Morgan fingerprint density at radius 2 is 2.36 bits per heavy atom. The number of nitrogens with zero attached hydrogens (tertiary/aromatic N) is 1. The minimum Gasteiger partial charge on any atom is -0.339 e. The van der Waals surface area contributed by atoms with E-state index in [0.717, 1.165) is 38.6 Å². The van der Waals surface area contributed by atoms with Crippen molar-refractivity contribution in [3.05, 3.63) is 0 Å². The van der Waals surface area contributed by atoms with Gasteiger partial charge in [0.1, 0.15) is 0 Å². The Labute approximate surface area is 86.6 Å². The summed E-state index contributed by atoms with van der Waals surface area (Å²) in [6.07, 6.45) is 5.25. The molecule has 0 aromatic heterocycles. The van der Waals surface area contributed by atoms with Gasteiger partial charge >= 0.3 is 0 Å². The molecule has 1 aliphatic rings. The number of carbonyl (C=O) groups excluding carboxylic acids is 1. The second-order valence-electron chi connectivity index (χ2n) is 4.27. The lowest BCUT2D eigenvalue weighted by molar-refractivity contribution is -0.133. The van der Waals surface area contributed by atoms with Gasteiger partial charge in [-0.3, -0.25) is 4.79 Å². The molecule has 0 aromatic carbocycles. The average molecular weight is 198 g/mol. The summed E-state index contributed by atoms with van der Waals surface area (Å²) in [5.74, 6) is 0.156. The molecular formula is C11H22N2O. The number of hydrogen-bond donors (Lipinski definition) is 1. The fourth-order valence-corrected chi connectivity index (χ4v) is 2.02. The number of unbranched alkanes of at least 4 members (excludes halogenated alkanes) is 1. The van der Waals surface area contributed by atoms with Crippen molar-refractivity contribution >= 4 is 5.91 Å². The first-order valence-electron chi connectivity index (χ1n) is 5.73. The van der Waals surface area contributed by atoms with E-state index in [1.165, 1.54) is 0 Å². The Morgan fingerprint density at radius 1 is 1.64 bits per heavy atom. The van der Waals surface area contributed by atoms with Crippen LogP contribution in [0.3, 0.4) is 0 Å². The maximum absolute atomic E-state index is 11.9. The quantitative estimate of drug-likeness (QED) is 0.744. The summed E-state index contributed by atoms with van der Waals surface area (Å²) in [5, 5.41) is 0. The predicted molar refractivity (Wildman–Crippen MR) is 57.9 cm³/mol. The predicted octanol–water partition coefficient (Wildman–Crippen LogP) is 1.51. The summed E-state index contributed by atoms with van der Waals surface area (Å²) >= 11 is 0. The molecule has 1 heterocycles. The van der Waals surface area contributed by atoms with Crippen LogP contribution < -0.4 is 5.73 Å². The van der Waals surface area contributed by atoms with Crippen molar-refractivity contribution in [1.29, 1.82) is 0 Å². The maximum atomic E-state index is 11.9. The molecule has 0 aromatic rings. The summed E-state index contributed by atoms with van der Waals surface area (Å²) < 4.78 is 0. The van der Waals surface area contributed by atoms with E-state index in [4.69, 9.17) is 5.73 Å². The molecule has 1 aliphatic heterocycles. The Balaban J connectivity index is 2.39. The van der Waals surface area contributed by atoms with Gasteiger partial charge in [0.05, 0.1) is 6.04 Å². The van der Waals surface area contributed by atoms with E-state index in [-0.39, 0.29) is 11.9 Å². The third-order valence-electron chi connectivity index (χ3n) is 3.02. The van der Waals surface area contributed by atoms with Gasteiger partial charge in [-0.15, -0.1) is 0 Å². The van der Waals surface area contributed by atoms with Crippen molar-refractivity contribution in [2.45, 2.75) is 58.0 Å². The van der Waals surface area contributed by atoms with E-state index >= 15 is 0 Å². The van der Waals surface area contributed by atoms with Crippen molar-refractivity contribution in [1.82, 2.24) is 4.90 Å². The highest BCUT2D eigenvalue weighted by Crippen LogP contribution is 2.17. The SMILES string of the molecule is CCCCC(N)C(=O)N1CCCC1C. The van der Waals surface area contributed by atoms with Crippen LogP contribution in [0.2, 0.25) is 0 Å². The lowest BCUT2D eigenvalue weighted by Gasteiger charge is -2.24. The van der Waals surface area contributed by atoms with Crippen molar-refractivity contribution in [2.75, 3.05) is 6.54 Å². The number of hydrogen-bond acceptors (Lipinski definition) is 2. The zero-order valence-electron chi connectivity index (χ0n) is 9.33. The normalized spacial score (nSPS) is 23.9. The van der Waals surface area contributed by atoms with Crippen LogP contribution in [-0.4, -0.2) is 29.4 Å². The number of likely N-dealkylation sites (tertiary alicyclic amines) is 1. The molecule has 0 radical (unpaired) electrons. The summed E-state index contributed by atoms with van der Waals surface area (Å²) in [5.41, 5.74) is 5.85. The second-order valence-corrected chi connectivity index (χ2v) is 4.27. The van der Waals surface area contributed by atoms with Crippen LogP contribution in [0.5, 0.6) is 0 Å². The molecule has 1 saturated heterocycles. The molecule has 0 spiro atoms. The second kappa shape index (κ2) is 5.35. The monoisotopic (exact) mass is 198 g/mol. The molecule has 3 nitrogen and oxygen atoms in total. The maximum Gasteiger partial charge on any atom is 0.239 e. The van der Waals surface area contributed by atoms with Gasteiger partial charge in [0.2, 0.25) is 5.91 Å². The average Bonchev–Trinajstić information content (AvgIpc) is 2.59. The van der Waals surface area contributed by atoms with E-state index in [0.29, 0.717) is 6.04 Å². The molecular weight excluding hydrogens is 176 g/mol. The molecule has 14 heavy (non-hydrogen) atoms. The zero-order valence-corrected chi connectivity index (χ0v) is 9.33. The van der Waals surface area contributed by atoms with Gasteiger partial charge in [-0.05, 0) is 26.2 Å². The van der Waals surface area contributed by atoms with E-state index < -0.39 is 0 Å². The van der Waals surface area contributed by atoms with Crippen LogP contribution in [0.4, 0.5) is 0 Å². The van der Waals surface area contributed by atoms with E-state index in [1.807, 2.05) is 4.90 Å². The van der Waals surface area contributed by atoms with E-state index in [2.05, 4.69) is 13.8 Å². The van der Waals surface area contributed by atoms with Crippen LogP contribution in [0.25, 0.3) is 0 Å². The van der Waals surface area contributed by atoms with Gasteiger partial charge in [0.15, 0.2) is 0 Å². The van der Waals surface area contributed by atoms with Gasteiger partial charge < -0.3 is 10.6 Å². The molecule has 1 fully saturated rings. The highest BCUT2D eigenvalue weighted by atomic mass is 16.2. The molecule has 2 N–H and O–H groups in total. The number of nitrogens with two attached hydrogens (primary N) is 1. The fourth-order valence-electron chi connectivity index (χ4n) is 2.02. The van der Waals surface area contributed by atoms with Gasteiger partial charge in [-0.2, -0.15) is 0 Å². The van der Waals surface area contributed by atoms with Crippen LogP contribution in [0.1, 0.15) is 46.0 Å². The van der Waals surface area contributed by atoms with Crippen LogP contribution in [-0.2, 0) is 4.79 Å². The van der Waals surface area contributed by atoms with Crippen LogP contribution in [0.15, 0.2) is 0 Å². The summed E-state index contributed by atoms with van der Waals surface area (Å²) in [6.45, 7) is 5.13. The van der Waals surface area contributed by atoms with E-state index in [1.54, 1.807) is 0 Å². The summed E-state index contributed by atoms with van der Waals surface area (Å²) in [4.78, 5) is 13.8. The number of rotatable bonds is 4. The lowest BCUT2D eigenvalue weighted by atomic mass is 10.1. The van der Waals surface area contributed by atoms with Gasteiger partial charge in [-0.1, -0.05) is 19.8 Å². The number of amides is 1. The third kappa shape index (κ3) is 2.71. The smallest absolute Gasteiger partial charge is 0.239 e. The molecule has 2 atom stereocenters. The molecule has 2 unspecified atom stereocenters. The Morgan fingerprint density at radius 3 is 2.86 bits per heavy atom. The van der Waals surface area contributed by atoms with Crippen LogP contribution in [0, 0.1) is 0 Å². The van der Waals surface area contributed by atoms with Crippen LogP contribution >= 0.6 is 0 Å². The zero-order chi connectivity index (χ0) is 10.6. The Bertz CT molecular complexity index is 194. The highest BCUT2D eigenvalue weighted by Gasteiger charge is 2.28. The van der Waals surface area contributed by atoms with Gasteiger partial charge in [0.25, 0.3) is 0 Å². The van der Waals surface area contributed by atoms with Gasteiger partial charge in [-0.25, -0.2) is 0 Å². The molecule has 1 amide bonds. The molecule has 1 rings (SSSR count). The lowest BCUT2D eigenvalue weighted by Crippen LogP contribution is -2.45. The minimum atomic E-state index is -0.268. The molecule has 0 saturated carbocycles. The molecule has 82 valence electrons. The Hall–Kier alpha value is -0.570. The van der Waals surface area contributed by atoms with Crippen molar-refractivity contribution < 1.29 is 4.79 Å². The van der Waals surface area contributed by atoms with Crippen molar-refractivity contribution in [3.63, 3.8) is 0 Å². The first-order chi connectivity index (χ1) is 6.66. The molecule has 0 bridgehead atoms. The highest BCUT2D eigenvalue weighted by molar-refractivity contribution is 5.82. The van der Waals surface area contributed by atoms with Crippen molar-refractivity contribution in [2.24, 2.45) is 5.73 Å².